The molecule has 128 valence electrons. The maximum atomic E-state index is 12.5. The molecular weight excluding hydrogens is 373 g/mol. The zero-order chi connectivity index (χ0) is 17.5. The number of hydrogen-bond donors (Lipinski definition) is 1. The SMILES string of the molecule is O=C(OCC(Cl)=C(Cl)Cl)[C@H]1CC=CC[C@H]1C(=O)Nc1ccccc1. The maximum absolute atomic E-state index is 12.5. The summed E-state index contributed by atoms with van der Waals surface area (Å²) in [5.41, 5.74) is 0.684. The van der Waals surface area contributed by atoms with Crippen LogP contribution in [0.5, 0.6) is 0 Å². The van der Waals surface area contributed by atoms with Crippen LogP contribution in [-0.4, -0.2) is 18.5 Å². The molecule has 0 spiro atoms. The normalized spacial score (nSPS) is 19.5. The van der Waals surface area contributed by atoms with E-state index in [1.54, 1.807) is 12.1 Å². The molecule has 0 fully saturated rings. The number of ether oxygens (including phenoxy) is 1. The van der Waals surface area contributed by atoms with E-state index in [4.69, 9.17) is 39.5 Å². The van der Waals surface area contributed by atoms with Crippen LogP contribution < -0.4 is 5.32 Å². The van der Waals surface area contributed by atoms with Gasteiger partial charge < -0.3 is 10.1 Å². The number of halogens is 3. The first-order chi connectivity index (χ1) is 11.5. The Kier molecular flexibility index (Phi) is 7.16. The molecule has 0 aromatic heterocycles. The molecule has 24 heavy (non-hydrogen) atoms. The summed E-state index contributed by atoms with van der Waals surface area (Å²) in [6, 6.07) is 9.09. The highest BCUT2D eigenvalue weighted by molar-refractivity contribution is 6.59. The molecule has 2 atom stereocenters. The number of carbonyl (C=O) groups excluding carboxylic acids is 2. The van der Waals surface area contributed by atoms with Gasteiger partial charge in [0.1, 0.15) is 11.1 Å². The number of rotatable bonds is 5. The molecule has 7 heteroatoms. The lowest BCUT2D eigenvalue weighted by atomic mass is 9.82. The smallest absolute Gasteiger partial charge is 0.310 e. The Labute approximate surface area is 155 Å². The van der Waals surface area contributed by atoms with E-state index in [-0.39, 0.29) is 22.0 Å². The van der Waals surface area contributed by atoms with E-state index < -0.39 is 17.8 Å². The summed E-state index contributed by atoms with van der Waals surface area (Å²) in [6.07, 6.45) is 4.66. The number of anilines is 1. The molecule has 4 nitrogen and oxygen atoms in total. The lowest BCUT2D eigenvalue weighted by molar-refractivity contribution is -0.151. The van der Waals surface area contributed by atoms with Crippen molar-refractivity contribution in [1.29, 1.82) is 0 Å². The zero-order valence-corrected chi connectivity index (χ0v) is 14.9. The van der Waals surface area contributed by atoms with Crippen LogP contribution in [0.25, 0.3) is 0 Å². The minimum Gasteiger partial charge on any atom is -0.460 e. The fraction of sp³-hybridized carbons (Fsp3) is 0.294. The van der Waals surface area contributed by atoms with E-state index in [0.29, 0.717) is 18.5 Å². The van der Waals surface area contributed by atoms with Gasteiger partial charge in [-0.25, -0.2) is 0 Å². The summed E-state index contributed by atoms with van der Waals surface area (Å²) in [6.45, 7) is -0.212. The standard InChI is InChI=1S/C17H16Cl3NO3/c18-14(15(19)20)10-24-17(23)13-9-5-4-8-12(13)16(22)21-11-6-2-1-3-7-11/h1-7,12-13H,8-10H2,(H,21,22)/t12-,13+/m1/s1. The van der Waals surface area contributed by atoms with Gasteiger partial charge in [-0.2, -0.15) is 0 Å². The number of nitrogens with one attached hydrogen (secondary N) is 1. The van der Waals surface area contributed by atoms with Crippen LogP contribution in [0.2, 0.25) is 0 Å². The third kappa shape index (κ3) is 5.26. The lowest BCUT2D eigenvalue weighted by Gasteiger charge is -2.26. The van der Waals surface area contributed by atoms with Crippen LogP contribution >= 0.6 is 34.8 Å². The van der Waals surface area contributed by atoms with E-state index in [0.717, 1.165) is 0 Å². The Morgan fingerprint density at radius 1 is 1.04 bits per heavy atom. The Morgan fingerprint density at radius 2 is 1.67 bits per heavy atom. The first-order valence-electron chi connectivity index (χ1n) is 7.36. The lowest BCUT2D eigenvalue weighted by Crippen LogP contribution is -2.36. The summed E-state index contributed by atoms with van der Waals surface area (Å²) in [5.74, 6) is -1.79. The van der Waals surface area contributed by atoms with Gasteiger partial charge in [0, 0.05) is 5.69 Å². The molecule has 0 bridgehead atoms. The van der Waals surface area contributed by atoms with Gasteiger partial charge in [-0.15, -0.1) is 0 Å². The molecular formula is C17H16Cl3NO3. The van der Waals surface area contributed by atoms with Gasteiger partial charge in [0.05, 0.1) is 16.9 Å². The highest BCUT2D eigenvalue weighted by Crippen LogP contribution is 2.29. The van der Waals surface area contributed by atoms with Crippen molar-refractivity contribution in [2.24, 2.45) is 11.8 Å². The van der Waals surface area contributed by atoms with Crippen molar-refractivity contribution in [3.05, 3.63) is 52.0 Å². The largest absolute Gasteiger partial charge is 0.460 e. The van der Waals surface area contributed by atoms with Crippen LogP contribution in [0.15, 0.2) is 52.0 Å². The van der Waals surface area contributed by atoms with Crippen molar-refractivity contribution in [3.8, 4) is 0 Å². The molecule has 1 N–H and O–H groups in total. The van der Waals surface area contributed by atoms with Crippen LogP contribution in [0, 0.1) is 11.8 Å². The zero-order valence-electron chi connectivity index (χ0n) is 12.7. The summed E-state index contributed by atoms with van der Waals surface area (Å²) in [5, 5.41) is 2.87. The third-order valence-electron chi connectivity index (χ3n) is 3.66. The number of carbonyl (C=O) groups is 2. The van der Waals surface area contributed by atoms with Crippen LogP contribution in [-0.2, 0) is 14.3 Å². The highest BCUT2D eigenvalue weighted by atomic mass is 35.5. The highest BCUT2D eigenvalue weighted by Gasteiger charge is 2.35. The number of para-hydroxylation sites is 1. The Morgan fingerprint density at radius 3 is 2.29 bits per heavy atom. The first kappa shape index (κ1) is 18.8. The second kappa shape index (κ2) is 9.11. The maximum Gasteiger partial charge on any atom is 0.310 e. The molecule has 0 saturated heterocycles. The number of amides is 1. The Bertz CT molecular complexity index is 654. The average Bonchev–Trinajstić information content (AvgIpc) is 2.60. The van der Waals surface area contributed by atoms with Crippen LogP contribution in [0.3, 0.4) is 0 Å². The van der Waals surface area contributed by atoms with Crippen molar-refractivity contribution >= 4 is 52.4 Å². The average molecular weight is 389 g/mol. The van der Waals surface area contributed by atoms with Crippen molar-refractivity contribution in [2.45, 2.75) is 12.8 Å². The molecule has 0 aliphatic heterocycles. The van der Waals surface area contributed by atoms with Gasteiger partial charge in [0.25, 0.3) is 0 Å². The molecule has 0 heterocycles. The predicted octanol–water partition coefficient (Wildman–Crippen LogP) is 4.64. The number of esters is 1. The van der Waals surface area contributed by atoms with Gasteiger partial charge in [-0.1, -0.05) is 65.2 Å². The second-order valence-corrected chi connectivity index (χ2v) is 6.69. The van der Waals surface area contributed by atoms with E-state index in [2.05, 4.69) is 5.32 Å². The summed E-state index contributed by atoms with van der Waals surface area (Å²) < 4.78 is 4.98. The molecule has 1 aromatic carbocycles. The fourth-order valence-electron chi connectivity index (χ4n) is 2.42. The van der Waals surface area contributed by atoms with Crippen molar-refractivity contribution < 1.29 is 14.3 Å². The molecule has 1 aliphatic carbocycles. The molecule has 0 unspecified atom stereocenters. The number of allylic oxidation sites excluding steroid dienone is 2. The molecule has 1 aromatic rings. The molecule has 1 aliphatic rings. The van der Waals surface area contributed by atoms with E-state index in [1.807, 2.05) is 30.4 Å². The topological polar surface area (TPSA) is 55.4 Å². The third-order valence-corrected chi connectivity index (χ3v) is 4.61. The van der Waals surface area contributed by atoms with Crippen LogP contribution in [0.1, 0.15) is 12.8 Å². The van der Waals surface area contributed by atoms with Crippen LogP contribution in [0.4, 0.5) is 5.69 Å². The van der Waals surface area contributed by atoms with Crippen molar-refractivity contribution in [2.75, 3.05) is 11.9 Å². The summed E-state index contributed by atoms with van der Waals surface area (Å²) in [4.78, 5) is 24.8. The predicted molar refractivity (Wildman–Crippen MR) is 96.0 cm³/mol. The van der Waals surface area contributed by atoms with E-state index in [9.17, 15) is 9.59 Å². The molecule has 2 rings (SSSR count). The number of hydrogen-bond acceptors (Lipinski definition) is 3. The number of benzene rings is 1. The first-order valence-corrected chi connectivity index (χ1v) is 8.49. The Balaban J connectivity index is 2.02. The fourth-order valence-corrected chi connectivity index (χ4v) is 2.58. The van der Waals surface area contributed by atoms with Gasteiger partial charge in [0.15, 0.2) is 0 Å². The van der Waals surface area contributed by atoms with E-state index in [1.165, 1.54) is 0 Å². The summed E-state index contributed by atoms with van der Waals surface area (Å²) >= 11 is 16.8. The van der Waals surface area contributed by atoms with E-state index >= 15 is 0 Å². The molecule has 0 radical (unpaired) electrons. The summed E-state index contributed by atoms with van der Waals surface area (Å²) in [7, 11) is 0. The van der Waals surface area contributed by atoms with Crippen molar-refractivity contribution in [3.63, 3.8) is 0 Å². The van der Waals surface area contributed by atoms with Gasteiger partial charge in [-0.3, -0.25) is 9.59 Å². The second-order valence-electron chi connectivity index (χ2n) is 5.28. The monoisotopic (exact) mass is 387 g/mol. The Hall–Kier alpha value is -1.49. The van der Waals surface area contributed by atoms with Crippen molar-refractivity contribution in [1.82, 2.24) is 0 Å². The molecule has 0 saturated carbocycles. The quantitative estimate of drug-likeness (QED) is 0.591. The minimum atomic E-state index is -0.572. The minimum absolute atomic E-state index is 0.0447. The van der Waals surface area contributed by atoms with Gasteiger partial charge in [0.2, 0.25) is 5.91 Å². The van der Waals surface area contributed by atoms with Gasteiger partial charge >= 0.3 is 5.97 Å². The van der Waals surface area contributed by atoms with Gasteiger partial charge in [-0.05, 0) is 25.0 Å². The molecule has 1 amide bonds.